The molecule has 1 aliphatic rings. The quantitative estimate of drug-likeness (QED) is 0.771. The molecule has 1 N–H and O–H groups in total. The zero-order valence-electron chi connectivity index (χ0n) is 10.8. The Morgan fingerprint density at radius 2 is 2.21 bits per heavy atom. The normalized spacial score (nSPS) is 18.6. The lowest BCUT2D eigenvalue weighted by Crippen LogP contribution is -2.30. The summed E-state index contributed by atoms with van der Waals surface area (Å²) in [5.41, 5.74) is 2.55. The van der Waals surface area contributed by atoms with Crippen LogP contribution < -0.4 is 5.32 Å². The third-order valence-corrected chi connectivity index (χ3v) is 3.09. The van der Waals surface area contributed by atoms with Gasteiger partial charge in [-0.2, -0.15) is 0 Å². The van der Waals surface area contributed by atoms with E-state index >= 15 is 0 Å². The number of benzene rings is 1. The van der Waals surface area contributed by atoms with Crippen LogP contribution in [0.5, 0.6) is 0 Å². The second kappa shape index (κ2) is 7.53. The monoisotopic (exact) mass is 271 g/mol. The van der Waals surface area contributed by atoms with Crippen LogP contribution >= 0.6 is 0 Å². The third kappa shape index (κ3) is 4.53. The van der Waals surface area contributed by atoms with Crippen molar-refractivity contribution >= 4 is 0 Å². The zero-order valence-corrected chi connectivity index (χ0v) is 10.8. The van der Waals surface area contributed by atoms with Gasteiger partial charge in [-0.25, -0.2) is 8.78 Å². The number of alkyl halides is 2. The average Bonchev–Trinajstić information content (AvgIpc) is 2.42. The zero-order chi connectivity index (χ0) is 13.5. The lowest BCUT2D eigenvalue weighted by Gasteiger charge is -2.26. The number of hydrogen-bond donors (Lipinski definition) is 1. The first-order valence-corrected chi connectivity index (χ1v) is 6.53. The van der Waals surface area contributed by atoms with E-state index in [2.05, 4.69) is 17.4 Å². The summed E-state index contributed by atoms with van der Waals surface area (Å²) in [5.74, 6) is 0. The van der Waals surface area contributed by atoms with Gasteiger partial charge >= 0.3 is 0 Å². The Kier molecular flexibility index (Phi) is 5.69. The second-order valence-electron chi connectivity index (χ2n) is 4.48. The van der Waals surface area contributed by atoms with E-state index in [9.17, 15) is 8.78 Å². The van der Waals surface area contributed by atoms with Gasteiger partial charge in [-0.05, 0) is 17.5 Å². The third-order valence-electron chi connectivity index (χ3n) is 3.09. The standard InChI is InChI=1S/C14H19F2NO2/c15-14(16)10-18-8-6-17-9-13-12-4-2-1-3-11(12)5-7-19-13/h1-4,13-14,17H,5-10H2. The number of fused-ring (bicyclic) bond motifs is 1. The maximum absolute atomic E-state index is 11.8. The van der Waals surface area contributed by atoms with Gasteiger partial charge in [-0.3, -0.25) is 0 Å². The Morgan fingerprint density at radius 3 is 3.05 bits per heavy atom. The fraction of sp³-hybridized carbons (Fsp3) is 0.571. The molecule has 0 amide bonds. The summed E-state index contributed by atoms with van der Waals surface area (Å²) in [5, 5.41) is 3.17. The van der Waals surface area contributed by atoms with Crippen molar-refractivity contribution in [1.29, 1.82) is 0 Å². The maximum Gasteiger partial charge on any atom is 0.261 e. The van der Waals surface area contributed by atoms with Gasteiger partial charge in [0.1, 0.15) is 6.61 Å². The number of halogens is 2. The number of hydrogen-bond acceptors (Lipinski definition) is 3. The second-order valence-corrected chi connectivity index (χ2v) is 4.48. The molecule has 1 aliphatic heterocycles. The van der Waals surface area contributed by atoms with E-state index < -0.39 is 13.0 Å². The van der Waals surface area contributed by atoms with Gasteiger partial charge in [0.15, 0.2) is 0 Å². The SMILES string of the molecule is FC(F)COCCNCC1OCCc2ccccc21. The summed E-state index contributed by atoms with van der Waals surface area (Å²) in [6.45, 7) is 1.75. The molecule has 5 heteroatoms. The first-order chi connectivity index (χ1) is 9.27. The van der Waals surface area contributed by atoms with E-state index in [1.165, 1.54) is 11.1 Å². The van der Waals surface area contributed by atoms with E-state index in [-0.39, 0.29) is 6.10 Å². The molecule has 19 heavy (non-hydrogen) atoms. The molecular formula is C14H19F2NO2. The first kappa shape index (κ1) is 14.4. The van der Waals surface area contributed by atoms with E-state index in [1.54, 1.807) is 0 Å². The van der Waals surface area contributed by atoms with Gasteiger partial charge in [0.25, 0.3) is 6.43 Å². The van der Waals surface area contributed by atoms with Crippen LogP contribution in [0.2, 0.25) is 0 Å². The highest BCUT2D eigenvalue weighted by Gasteiger charge is 2.19. The Labute approximate surface area is 111 Å². The van der Waals surface area contributed by atoms with E-state index in [1.807, 2.05) is 12.1 Å². The highest BCUT2D eigenvalue weighted by molar-refractivity contribution is 5.31. The molecule has 1 aromatic rings. The van der Waals surface area contributed by atoms with Crippen molar-refractivity contribution in [2.45, 2.75) is 19.0 Å². The van der Waals surface area contributed by atoms with Crippen molar-refractivity contribution in [2.24, 2.45) is 0 Å². The van der Waals surface area contributed by atoms with Crippen LogP contribution in [0.1, 0.15) is 17.2 Å². The summed E-state index contributed by atoms with van der Waals surface area (Å²) in [6, 6.07) is 8.24. The molecule has 1 aromatic carbocycles. The van der Waals surface area contributed by atoms with Crippen molar-refractivity contribution in [3.63, 3.8) is 0 Å². The molecule has 1 unspecified atom stereocenters. The number of ether oxygens (including phenoxy) is 2. The molecule has 3 nitrogen and oxygen atoms in total. The minimum Gasteiger partial charge on any atom is -0.374 e. The Hall–Kier alpha value is -1.04. The molecule has 0 spiro atoms. The predicted octanol–water partition coefficient (Wildman–Crippen LogP) is 2.17. The van der Waals surface area contributed by atoms with Crippen molar-refractivity contribution < 1.29 is 18.3 Å². The van der Waals surface area contributed by atoms with Crippen LogP contribution in [0.3, 0.4) is 0 Å². The molecule has 2 rings (SSSR count). The number of rotatable bonds is 7. The highest BCUT2D eigenvalue weighted by atomic mass is 19.3. The maximum atomic E-state index is 11.8. The Morgan fingerprint density at radius 1 is 1.37 bits per heavy atom. The molecule has 0 radical (unpaired) electrons. The summed E-state index contributed by atoms with van der Waals surface area (Å²) < 4.78 is 34.2. The van der Waals surface area contributed by atoms with E-state index in [0.29, 0.717) is 19.7 Å². The van der Waals surface area contributed by atoms with Gasteiger partial charge in [0.2, 0.25) is 0 Å². The Balaban J connectivity index is 1.70. The summed E-state index contributed by atoms with van der Waals surface area (Å²) >= 11 is 0. The van der Waals surface area contributed by atoms with Crippen molar-refractivity contribution in [3.05, 3.63) is 35.4 Å². The molecular weight excluding hydrogens is 252 g/mol. The van der Waals surface area contributed by atoms with Crippen LogP contribution in [0.25, 0.3) is 0 Å². The van der Waals surface area contributed by atoms with Crippen LogP contribution in [-0.4, -0.2) is 39.3 Å². The molecule has 0 saturated carbocycles. The van der Waals surface area contributed by atoms with Crippen LogP contribution in [0.15, 0.2) is 24.3 Å². The largest absolute Gasteiger partial charge is 0.374 e. The molecule has 0 bridgehead atoms. The topological polar surface area (TPSA) is 30.5 Å². The Bertz CT molecular complexity index is 387. The van der Waals surface area contributed by atoms with E-state index in [0.717, 1.165) is 13.0 Å². The highest BCUT2D eigenvalue weighted by Crippen LogP contribution is 2.25. The van der Waals surface area contributed by atoms with Gasteiger partial charge in [0.05, 0.1) is 19.3 Å². The van der Waals surface area contributed by atoms with Crippen molar-refractivity contribution in [2.75, 3.05) is 32.9 Å². The first-order valence-electron chi connectivity index (χ1n) is 6.53. The minimum atomic E-state index is -2.39. The molecule has 1 atom stereocenters. The molecule has 0 aromatic heterocycles. The summed E-state index contributed by atoms with van der Waals surface area (Å²) in [7, 11) is 0. The van der Waals surface area contributed by atoms with Crippen molar-refractivity contribution in [3.8, 4) is 0 Å². The summed E-state index contributed by atoms with van der Waals surface area (Å²) in [4.78, 5) is 0. The summed E-state index contributed by atoms with van der Waals surface area (Å²) in [6.07, 6.45) is -1.40. The van der Waals surface area contributed by atoms with Crippen LogP contribution in [-0.2, 0) is 15.9 Å². The van der Waals surface area contributed by atoms with E-state index in [4.69, 9.17) is 9.47 Å². The van der Waals surface area contributed by atoms with Crippen LogP contribution in [0.4, 0.5) is 8.78 Å². The molecule has 106 valence electrons. The molecule has 1 heterocycles. The fourth-order valence-electron chi connectivity index (χ4n) is 2.20. The lowest BCUT2D eigenvalue weighted by atomic mass is 9.97. The predicted molar refractivity (Wildman–Crippen MR) is 68.5 cm³/mol. The number of nitrogens with one attached hydrogen (secondary N) is 1. The minimum absolute atomic E-state index is 0.0417. The average molecular weight is 271 g/mol. The van der Waals surface area contributed by atoms with Gasteiger partial charge in [-0.15, -0.1) is 0 Å². The van der Waals surface area contributed by atoms with Gasteiger partial charge in [-0.1, -0.05) is 24.3 Å². The van der Waals surface area contributed by atoms with Gasteiger partial charge < -0.3 is 14.8 Å². The lowest BCUT2D eigenvalue weighted by molar-refractivity contribution is 0.0150. The van der Waals surface area contributed by atoms with Crippen LogP contribution in [0, 0.1) is 0 Å². The molecule has 0 saturated heterocycles. The molecule has 0 fully saturated rings. The van der Waals surface area contributed by atoms with Gasteiger partial charge in [0, 0.05) is 13.1 Å². The fourth-order valence-corrected chi connectivity index (χ4v) is 2.20. The smallest absolute Gasteiger partial charge is 0.261 e. The van der Waals surface area contributed by atoms with Crippen molar-refractivity contribution in [1.82, 2.24) is 5.32 Å². The molecule has 0 aliphatic carbocycles.